The highest BCUT2D eigenvalue weighted by atomic mass is 32.2. The molecule has 0 aliphatic heterocycles. The standard InChI is InChI=1S/C11H18N2O3S/c1-7-9(16-8(2)13-7)10(14)12-5-11(3,15)6-17-4/h15H,5-6H2,1-4H3,(H,12,14). The quantitative estimate of drug-likeness (QED) is 0.828. The fourth-order valence-corrected chi connectivity index (χ4v) is 2.18. The highest BCUT2D eigenvalue weighted by Gasteiger charge is 2.23. The molecule has 1 atom stereocenters. The summed E-state index contributed by atoms with van der Waals surface area (Å²) in [6, 6.07) is 0. The Bertz CT molecular complexity index is 401. The molecule has 5 nitrogen and oxygen atoms in total. The summed E-state index contributed by atoms with van der Waals surface area (Å²) in [5.41, 5.74) is -0.359. The zero-order valence-electron chi connectivity index (χ0n) is 10.5. The van der Waals surface area contributed by atoms with Crippen molar-refractivity contribution >= 4 is 17.7 Å². The molecule has 1 unspecified atom stereocenters. The monoisotopic (exact) mass is 258 g/mol. The molecule has 0 saturated carbocycles. The van der Waals surface area contributed by atoms with Crippen LogP contribution in [0.25, 0.3) is 0 Å². The van der Waals surface area contributed by atoms with E-state index in [1.54, 1.807) is 20.8 Å². The molecule has 1 aromatic rings. The Morgan fingerprint density at radius 2 is 2.24 bits per heavy atom. The average molecular weight is 258 g/mol. The Morgan fingerprint density at radius 3 is 2.71 bits per heavy atom. The van der Waals surface area contributed by atoms with Crippen LogP contribution in [-0.2, 0) is 0 Å². The Balaban J connectivity index is 2.59. The Morgan fingerprint density at radius 1 is 1.59 bits per heavy atom. The van der Waals surface area contributed by atoms with Gasteiger partial charge in [0.05, 0.1) is 11.3 Å². The smallest absolute Gasteiger partial charge is 0.289 e. The Kier molecular flexibility index (Phi) is 4.59. The lowest BCUT2D eigenvalue weighted by molar-refractivity contribution is 0.0709. The molecular formula is C11H18N2O3S. The van der Waals surface area contributed by atoms with E-state index in [4.69, 9.17) is 4.42 Å². The van der Waals surface area contributed by atoms with Crippen LogP contribution in [0.4, 0.5) is 0 Å². The number of aryl methyl sites for hydroxylation is 2. The molecule has 0 bridgehead atoms. The first-order valence-electron chi connectivity index (χ1n) is 5.29. The van der Waals surface area contributed by atoms with Crippen molar-refractivity contribution in [1.82, 2.24) is 10.3 Å². The molecule has 0 spiro atoms. The highest BCUT2D eigenvalue weighted by Crippen LogP contribution is 2.11. The number of thioether (sulfide) groups is 1. The van der Waals surface area contributed by atoms with Gasteiger partial charge in [-0.05, 0) is 20.1 Å². The molecule has 2 N–H and O–H groups in total. The molecule has 1 aromatic heterocycles. The molecular weight excluding hydrogens is 240 g/mol. The normalized spacial score (nSPS) is 14.4. The predicted molar refractivity (Wildman–Crippen MR) is 67.3 cm³/mol. The zero-order chi connectivity index (χ0) is 13.1. The lowest BCUT2D eigenvalue weighted by Gasteiger charge is -2.22. The minimum Gasteiger partial charge on any atom is -0.436 e. The van der Waals surface area contributed by atoms with Crippen molar-refractivity contribution in [3.63, 3.8) is 0 Å². The summed E-state index contributed by atoms with van der Waals surface area (Å²) < 4.78 is 5.19. The largest absolute Gasteiger partial charge is 0.436 e. The van der Waals surface area contributed by atoms with Gasteiger partial charge in [-0.1, -0.05) is 0 Å². The molecule has 6 heteroatoms. The van der Waals surface area contributed by atoms with Crippen LogP contribution in [0.3, 0.4) is 0 Å². The summed E-state index contributed by atoms with van der Waals surface area (Å²) in [7, 11) is 0. The van der Waals surface area contributed by atoms with Crippen molar-refractivity contribution in [2.75, 3.05) is 18.6 Å². The molecule has 96 valence electrons. The minimum atomic E-state index is -0.919. The van der Waals surface area contributed by atoms with E-state index in [-0.39, 0.29) is 18.2 Å². The molecule has 0 fully saturated rings. The van der Waals surface area contributed by atoms with E-state index in [2.05, 4.69) is 10.3 Å². The van der Waals surface area contributed by atoms with Gasteiger partial charge in [0, 0.05) is 19.2 Å². The number of nitrogens with one attached hydrogen (secondary N) is 1. The van der Waals surface area contributed by atoms with Crippen LogP contribution in [0.1, 0.15) is 29.1 Å². The molecule has 0 aliphatic carbocycles. The second-order valence-corrected chi connectivity index (χ2v) is 5.13. The Hall–Kier alpha value is -1.01. The minimum absolute atomic E-state index is 0.186. The van der Waals surface area contributed by atoms with Crippen LogP contribution in [-0.4, -0.2) is 40.2 Å². The molecule has 0 radical (unpaired) electrons. The third-order valence-corrected chi connectivity index (χ3v) is 3.11. The van der Waals surface area contributed by atoms with Gasteiger partial charge in [-0.2, -0.15) is 11.8 Å². The van der Waals surface area contributed by atoms with E-state index in [0.29, 0.717) is 17.3 Å². The number of aliphatic hydroxyl groups is 1. The van der Waals surface area contributed by atoms with Crippen molar-refractivity contribution in [3.05, 3.63) is 17.3 Å². The number of rotatable bonds is 5. The van der Waals surface area contributed by atoms with Crippen molar-refractivity contribution in [2.24, 2.45) is 0 Å². The number of hydrogen-bond donors (Lipinski definition) is 2. The maximum atomic E-state index is 11.8. The molecule has 0 aliphatic rings. The van der Waals surface area contributed by atoms with Crippen LogP contribution in [0.15, 0.2) is 4.42 Å². The predicted octanol–water partition coefficient (Wildman–Crippen LogP) is 1.14. The number of oxazole rings is 1. The van der Waals surface area contributed by atoms with Crippen LogP contribution >= 0.6 is 11.8 Å². The van der Waals surface area contributed by atoms with E-state index in [0.717, 1.165) is 0 Å². The van der Waals surface area contributed by atoms with Gasteiger partial charge in [-0.25, -0.2) is 4.98 Å². The van der Waals surface area contributed by atoms with Crippen molar-refractivity contribution in [2.45, 2.75) is 26.4 Å². The number of nitrogens with zero attached hydrogens (tertiary/aromatic N) is 1. The zero-order valence-corrected chi connectivity index (χ0v) is 11.3. The van der Waals surface area contributed by atoms with Gasteiger partial charge in [0.25, 0.3) is 5.91 Å². The molecule has 1 heterocycles. The lowest BCUT2D eigenvalue weighted by Crippen LogP contribution is -2.42. The van der Waals surface area contributed by atoms with Gasteiger partial charge in [0.2, 0.25) is 5.76 Å². The van der Waals surface area contributed by atoms with E-state index in [1.165, 1.54) is 11.8 Å². The van der Waals surface area contributed by atoms with Crippen LogP contribution in [0.2, 0.25) is 0 Å². The van der Waals surface area contributed by atoms with E-state index < -0.39 is 5.60 Å². The summed E-state index contributed by atoms with van der Waals surface area (Å²) in [6.45, 7) is 5.27. The number of amides is 1. The van der Waals surface area contributed by atoms with Crippen LogP contribution in [0, 0.1) is 13.8 Å². The average Bonchev–Trinajstić information content (AvgIpc) is 2.54. The van der Waals surface area contributed by atoms with Crippen LogP contribution in [0.5, 0.6) is 0 Å². The number of hydrogen-bond acceptors (Lipinski definition) is 5. The summed E-state index contributed by atoms with van der Waals surface area (Å²) in [4.78, 5) is 15.8. The first-order valence-corrected chi connectivity index (χ1v) is 6.68. The second kappa shape index (κ2) is 5.55. The lowest BCUT2D eigenvalue weighted by atomic mass is 10.1. The van der Waals surface area contributed by atoms with Gasteiger partial charge in [-0.3, -0.25) is 4.79 Å². The third-order valence-electron chi connectivity index (χ3n) is 2.19. The molecule has 0 aromatic carbocycles. The molecule has 1 rings (SSSR count). The molecule has 0 saturated heterocycles. The van der Waals surface area contributed by atoms with Crippen molar-refractivity contribution in [1.29, 1.82) is 0 Å². The number of carbonyl (C=O) groups excluding carboxylic acids is 1. The maximum Gasteiger partial charge on any atom is 0.289 e. The number of carbonyl (C=O) groups is 1. The summed E-state index contributed by atoms with van der Waals surface area (Å²) >= 11 is 1.53. The topological polar surface area (TPSA) is 75.4 Å². The maximum absolute atomic E-state index is 11.8. The molecule has 1 amide bonds. The van der Waals surface area contributed by atoms with Crippen molar-refractivity contribution in [3.8, 4) is 0 Å². The Labute approximate surface area is 105 Å². The highest BCUT2D eigenvalue weighted by molar-refractivity contribution is 7.98. The summed E-state index contributed by atoms with van der Waals surface area (Å²) in [5.74, 6) is 0.886. The van der Waals surface area contributed by atoms with Gasteiger partial charge in [0.1, 0.15) is 0 Å². The van der Waals surface area contributed by atoms with E-state index in [1.807, 2.05) is 6.26 Å². The number of aromatic nitrogens is 1. The third kappa shape index (κ3) is 4.05. The second-order valence-electron chi connectivity index (χ2n) is 4.26. The first kappa shape index (κ1) is 14.1. The SMILES string of the molecule is CSCC(C)(O)CNC(=O)c1oc(C)nc1C. The fourth-order valence-electron chi connectivity index (χ4n) is 1.45. The van der Waals surface area contributed by atoms with Gasteiger partial charge < -0.3 is 14.8 Å². The summed E-state index contributed by atoms with van der Waals surface area (Å²) in [6.07, 6.45) is 1.90. The van der Waals surface area contributed by atoms with E-state index >= 15 is 0 Å². The van der Waals surface area contributed by atoms with E-state index in [9.17, 15) is 9.90 Å². The van der Waals surface area contributed by atoms with Gasteiger partial charge in [0.15, 0.2) is 5.89 Å². The van der Waals surface area contributed by atoms with Gasteiger partial charge in [-0.15, -0.1) is 0 Å². The first-order chi connectivity index (χ1) is 7.85. The van der Waals surface area contributed by atoms with Crippen molar-refractivity contribution < 1.29 is 14.3 Å². The van der Waals surface area contributed by atoms with Gasteiger partial charge >= 0.3 is 0 Å². The summed E-state index contributed by atoms with van der Waals surface area (Å²) in [5, 5.41) is 12.5. The van der Waals surface area contributed by atoms with Crippen LogP contribution < -0.4 is 5.32 Å². The molecule has 17 heavy (non-hydrogen) atoms. The fraction of sp³-hybridized carbons (Fsp3) is 0.636.